The third-order valence-corrected chi connectivity index (χ3v) is 5.82. The maximum atomic E-state index is 13.3. The van der Waals surface area contributed by atoms with E-state index in [1.807, 2.05) is 0 Å². The molecule has 2 fully saturated rings. The van der Waals surface area contributed by atoms with E-state index in [2.05, 4.69) is 9.97 Å². The molecular formula is C22H22F3N5O4. The van der Waals surface area contributed by atoms with E-state index >= 15 is 0 Å². The van der Waals surface area contributed by atoms with Crippen molar-refractivity contribution in [1.29, 1.82) is 0 Å². The van der Waals surface area contributed by atoms with Crippen LogP contribution in [-0.4, -0.2) is 63.8 Å². The van der Waals surface area contributed by atoms with Crippen molar-refractivity contribution >= 4 is 23.7 Å². The van der Waals surface area contributed by atoms with Crippen molar-refractivity contribution in [2.24, 2.45) is 0 Å². The fraction of sp³-hybridized carbons (Fsp3) is 0.409. The van der Waals surface area contributed by atoms with E-state index in [9.17, 15) is 27.6 Å². The molecule has 180 valence electrons. The van der Waals surface area contributed by atoms with Crippen molar-refractivity contribution in [3.8, 4) is 11.1 Å². The molecule has 1 aromatic heterocycles. The Morgan fingerprint density at radius 1 is 1.18 bits per heavy atom. The van der Waals surface area contributed by atoms with E-state index < -0.39 is 42.0 Å². The quantitative estimate of drug-likeness (QED) is 0.671. The van der Waals surface area contributed by atoms with Gasteiger partial charge in [-0.25, -0.2) is 9.97 Å². The molecule has 3 amide bonds. The van der Waals surface area contributed by atoms with Crippen LogP contribution in [0.5, 0.6) is 0 Å². The Balaban J connectivity index is 1.68. The van der Waals surface area contributed by atoms with Crippen LogP contribution in [0.2, 0.25) is 0 Å². The van der Waals surface area contributed by atoms with Crippen LogP contribution in [0, 0.1) is 0 Å². The normalized spacial score (nSPS) is 19.4. The maximum absolute atomic E-state index is 13.3. The number of halogens is 3. The Labute approximate surface area is 192 Å². The number of nitrogen functional groups attached to an aromatic ring is 1. The van der Waals surface area contributed by atoms with Gasteiger partial charge in [-0.1, -0.05) is 12.1 Å². The summed E-state index contributed by atoms with van der Waals surface area (Å²) in [6.45, 7) is -0.686. The molecule has 0 radical (unpaired) electrons. The number of hydrogen-bond acceptors (Lipinski definition) is 7. The number of nitrogens with two attached hydrogens (primary N) is 1. The van der Waals surface area contributed by atoms with Crippen LogP contribution < -0.4 is 5.73 Å². The number of imide groups is 1. The number of amides is 3. The maximum Gasteiger partial charge on any atom is 0.416 e. The van der Waals surface area contributed by atoms with Crippen molar-refractivity contribution < 1.29 is 32.3 Å². The van der Waals surface area contributed by atoms with Crippen LogP contribution in [-0.2, 0) is 25.3 Å². The molecule has 1 unspecified atom stereocenters. The summed E-state index contributed by atoms with van der Waals surface area (Å²) in [5.41, 5.74) is 5.86. The Hall–Kier alpha value is -3.54. The minimum absolute atomic E-state index is 0.0813. The third-order valence-electron chi connectivity index (χ3n) is 5.82. The van der Waals surface area contributed by atoms with E-state index in [-0.39, 0.29) is 24.7 Å². The topological polar surface area (TPSA) is 119 Å². The van der Waals surface area contributed by atoms with Crippen molar-refractivity contribution in [3.63, 3.8) is 0 Å². The number of likely N-dealkylation sites (tertiary alicyclic amines) is 1. The van der Waals surface area contributed by atoms with E-state index in [0.717, 1.165) is 23.5 Å². The smallest absolute Gasteiger partial charge is 0.368 e. The zero-order valence-electron chi connectivity index (χ0n) is 18.0. The molecular weight excluding hydrogens is 455 g/mol. The van der Waals surface area contributed by atoms with Crippen LogP contribution in [0.4, 0.5) is 19.1 Å². The summed E-state index contributed by atoms with van der Waals surface area (Å²) >= 11 is 0. The number of morpholine rings is 1. The van der Waals surface area contributed by atoms with Crippen LogP contribution in [0.25, 0.3) is 11.1 Å². The van der Waals surface area contributed by atoms with Gasteiger partial charge in [0.05, 0.1) is 17.3 Å². The second-order valence-electron chi connectivity index (χ2n) is 8.07. The van der Waals surface area contributed by atoms with Crippen molar-refractivity contribution in [3.05, 3.63) is 41.7 Å². The average Bonchev–Trinajstić information content (AvgIpc) is 2.81. The summed E-state index contributed by atoms with van der Waals surface area (Å²) in [7, 11) is 0. The lowest BCUT2D eigenvalue weighted by atomic mass is 9.93. The fourth-order valence-electron chi connectivity index (χ4n) is 4.19. The fourth-order valence-corrected chi connectivity index (χ4v) is 4.19. The SMILES string of the molecule is Nc1ncc(-c2cccc(C(F)(F)F)c2)c(C2CCCCN2C(=O)CN2C(=O)COCC2=O)n1. The van der Waals surface area contributed by atoms with Crippen LogP contribution in [0.15, 0.2) is 30.5 Å². The van der Waals surface area contributed by atoms with Gasteiger partial charge in [0, 0.05) is 18.3 Å². The van der Waals surface area contributed by atoms with Gasteiger partial charge in [0.25, 0.3) is 11.8 Å². The lowest BCUT2D eigenvalue weighted by Gasteiger charge is -2.37. The van der Waals surface area contributed by atoms with Crippen molar-refractivity contribution in [1.82, 2.24) is 19.8 Å². The van der Waals surface area contributed by atoms with Gasteiger partial charge in [0.15, 0.2) is 0 Å². The highest BCUT2D eigenvalue weighted by Gasteiger charge is 2.36. The number of hydrogen-bond donors (Lipinski definition) is 1. The highest BCUT2D eigenvalue weighted by molar-refractivity contribution is 6.01. The number of ether oxygens (including phenoxy) is 1. The molecule has 2 saturated heterocycles. The number of carbonyl (C=O) groups excluding carboxylic acids is 3. The predicted octanol–water partition coefficient (Wildman–Crippen LogP) is 2.18. The second kappa shape index (κ2) is 9.37. The molecule has 34 heavy (non-hydrogen) atoms. The van der Waals surface area contributed by atoms with Crippen LogP contribution in [0.3, 0.4) is 0 Å². The Kier molecular flexibility index (Phi) is 6.51. The average molecular weight is 477 g/mol. The summed E-state index contributed by atoms with van der Waals surface area (Å²) in [5, 5.41) is 0. The number of benzene rings is 1. The summed E-state index contributed by atoms with van der Waals surface area (Å²) in [4.78, 5) is 47.9. The first-order chi connectivity index (χ1) is 16.1. The molecule has 3 heterocycles. The lowest BCUT2D eigenvalue weighted by molar-refractivity contribution is -0.162. The molecule has 0 saturated carbocycles. The van der Waals surface area contributed by atoms with E-state index in [1.165, 1.54) is 23.2 Å². The Bertz CT molecular complexity index is 1110. The molecule has 12 heteroatoms. The predicted molar refractivity (Wildman–Crippen MR) is 113 cm³/mol. The largest absolute Gasteiger partial charge is 0.416 e. The lowest BCUT2D eigenvalue weighted by Crippen LogP contribution is -2.52. The summed E-state index contributed by atoms with van der Waals surface area (Å²) in [6, 6.07) is 4.15. The zero-order chi connectivity index (χ0) is 24.5. The molecule has 1 aromatic carbocycles. The molecule has 0 aliphatic carbocycles. The molecule has 2 aliphatic heterocycles. The van der Waals surface area contributed by atoms with Gasteiger partial charge in [-0.2, -0.15) is 13.2 Å². The third kappa shape index (κ3) is 4.86. The van der Waals surface area contributed by atoms with Crippen molar-refractivity contribution in [2.75, 3.05) is 32.0 Å². The number of rotatable bonds is 4. The van der Waals surface area contributed by atoms with Crippen LogP contribution >= 0.6 is 0 Å². The van der Waals surface area contributed by atoms with Gasteiger partial charge in [0.1, 0.15) is 19.8 Å². The molecule has 2 aliphatic rings. The van der Waals surface area contributed by atoms with E-state index in [4.69, 9.17) is 10.5 Å². The van der Waals surface area contributed by atoms with Gasteiger partial charge in [-0.15, -0.1) is 0 Å². The number of piperidine rings is 1. The number of aromatic nitrogens is 2. The molecule has 2 aromatic rings. The zero-order valence-corrected chi connectivity index (χ0v) is 18.0. The summed E-state index contributed by atoms with van der Waals surface area (Å²) < 4.78 is 44.7. The van der Waals surface area contributed by atoms with Gasteiger partial charge in [0.2, 0.25) is 11.9 Å². The highest BCUT2D eigenvalue weighted by atomic mass is 19.4. The molecule has 1 atom stereocenters. The van der Waals surface area contributed by atoms with Gasteiger partial charge in [-0.05, 0) is 37.0 Å². The first-order valence-electron chi connectivity index (χ1n) is 10.7. The van der Waals surface area contributed by atoms with Crippen molar-refractivity contribution in [2.45, 2.75) is 31.5 Å². The van der Waals surface area contributed by atoms with E-state index in [1.54, 1.807) is 0 Å². The number of alkyl halides is 3. The molecule has 2 N–H and O–H groups in total. The van der Waals surface area contributed by atoms with Gasteiger partial charge >= 0.3 is 6.18 Å². The summed E-state index contributed by atoms with van der Waals surface area (Å²) in [5.74, 6) is -1.76. The molecule has 9 nitrogen and oxygen atoms in total. The minimum atomic E-state index is -4.53. The number of anilines is 1. The molecule has 4 rings (SSSR count). The molecule has 0 bridgehead atoms. The monoisotopic (exact) mass is 477 g/mol. The minimum Gasteiger partial charge on any atom is -0.368 e. The van der Waals surface area contributed by atoms with Gasteiger partial charge in [-0.3, -0.25) is 19.3 Å². The number of nitrogens with zero attached hydrogens (tertiary/aromatic N) is 4. The summed E-state index contributed by atoms with van der Waals surface area (Å²) in [6.07, 6.45) is -1.27. The molecule has 0 spiro atoms. The Morgan fingerprint density at radius 3 is 2.62 bits per heavy atom. The first-order valence-corrected chi connectivity index (χ1v) is 10.7. The highest BCUT2D eigenvalue weighted by Crippen LogP contribution is 2.38. The second-order valence-corrected chi connectivity index (χ2v) is 8.07. The standard InChI is InChI=1S/C22H22F3N5O4/c23-22(24,25)14-5-3-4-13(8-14)15-9-27-21(26)28-20(15)16-6-1-2-7-29(16)17(31)10-30-18(32)11-34-12-19(30)33/h3-5,8-9,16H,1-2,6-7,10-12H2,(H2,26,27,28). The first kappa shape index (κ1) is 23.6. The van der Waals surface area contributed by atoms with Gasteiger partial charge < -0.3 is 15.4 Å². The number of carbonyl (C=O) groups is 3. The van der Waals surface area contributed by atoms with E-state index in [0.29, 0.717) is 30.6 Å². The Morgan fingerprint density at radius 2 is 1.91 bits per heavy atom. The van der Waals surface area contributed by atoms with Crippen LogP contribution in [0.1, 0.15) is 36.6 Å².